The third-order valence-corrected chi connectivity index (χ3v) is 3.92. The molecule has 0 fully saturated rings. The van der Waals surface area contributed by atoms with E-state index in [4.69, 9.17) is 17.0 Å². The monoisotopic (exact) mass is 340 g/mol. The van der Waals surface area contributed by atoms with Crippen LogP contribution in [0.25, 0.3) is 0 Å². The third kappa shape index (κ3) is 5.10. The van der Waals surface area contributed by atoms with Gasteiger partial charge in [-0.15, -0.1) is 0 Å². The molecule has 3 nitrogen and oxygen atoms in total. The maximum atomic E-state index is 5.53. The van der Waals surface area contributed by atoms with E-state index in [9.17, 15) is 0 Å². The Morgan fingerprint density at radius 2 is 2.04 bits per heavy atom. The highest BCUT2D eigenvalue weighted by Gasteiger charge is 2.10. The first-order valence-electron chi connectivity index (χ1n) is 7.98. The average molecular weight is 340 g/mol. The first-order valence-corrected chi connectivity index (χ1v) is 8.39. The van der Waals surface area contributed by atoms with Crippen molar-refractivity contribution in [3.63, 3.8) is 0 Å². The molecule has 0 radical (unpaired) electrons. The van der Waals surface area contributed by atoms with Crippen molar-refractivity contribution in [3.8, 4) is 5.75 Å². The van der Waals surface area contributed by atoms with Crippen LogP contribution in [0.5, 0.6) is 5.75 Å². The lowest BCUT2D eigenvalue weighted by Crippen LogP contribution is -2.31. The number of hydrogen-bond acceptors (Lipinski definition) is 2. The molecule has 0 aromatic heterocycles. The summed E-state index contributed by atoms with van der Waals surface area (Å²) in [6.07, 6.45) is 1.72. The zero-order valence-electron chi connectivity index (χ0n) is 14.4. The van der Waals surface area contributed by atoms with Crippen molar-refractivity contribution in [3.05, 3.63) is 71.8 Å². The molecule has 2 aromatic carbocycles. The van der Waals surface area contributed by atoms with E-state index in [1.54, 1.807) is 6.08 Å². The first-order chi connectivity index (χ1) is 11.5. The van der Waals surface area contributed by atoms with Gasteiger partial charge >= 0.3 is 0 Å². The molecule has 0 bridgehead atoms. The zero-order chi connectivity index (χ0) is 17.5. The van der Waals surface area contributed by atoms with Crippen LogP contribution in [-0.2, 0) is 0 Å². The van der Waals surface area contributed by atoms with Gasteiger partial charge in [0.1, 0.15) is 12.4 Å². The molecule has 1 atom stereocenters. The Balaban J connectivity index is 1.98. The highest BCUT2D eigenvalue weighted by molar-refractivity contribution is 7.80. The number of benzene rings is 2. The van der Waals surface area contributed by atoms with Crippen molar-refractivity contribution in [2.75, 3.05) is 11.9 Å². The molecular formula is C20H24N2OS. The number of anilines is 1. The molecule has 0 aliphatic carbocycles. The lowest BCUT2D eigenvalue weighted by Gasteiger charge is -2.19. The summed E-state index contributed by atoms with van der Waals surface area (Å²) in [6, 6.07) is 14.3. The fourth-order valence-electron chi connectivity index (χ4n) is 2.57. The van der Waals surface area contributed by atoms with Gasteiger partial charge in [0.2, 0.25) is 0 Å². The smallest absolute Gasteiger partial charge is 0.171 e. The quantitative estimate of drug-likeness (QED) is 0.578. The Bertz CT molecular complexity index is 727. The zero-order valence-corrected chi connectivity index (χ0v) is 15.2. The van der Waals surface area contributed by atoms with Gasteiger partial charge in [0.15, 0.2) is 5.11 Å². The van der Waals surface area contributed by atoms with Gasteiger partial charge in [-0.05, 0) is 56.2 Å². The largest absolute Gasteiger partial charge is 0.489 e. The van der Waals surface area contributed by atoms with Crippen LogP contribution in [0.1, 0.15) is 29.7 Å². The van der Waals surface area contributed by atoms with E-state index in [1.807, 2.05) is 24.3 Å². The molecule has 0 unspecified atom stereocenters. The van der Waals surface area contributed by atoms with Gasteiger partial charge in [0.25, 0.3) is 0 Å². The summed E-state index contributed by atoms with van der Waals surface area (Å²) in [6.45, 7) is 10.5. The number of thiocarbonyl (C=S) groups is 1. The minimum absolute atomic E-state index is 0.130. The van der Waals surface area contributed by atoms with Crippen molar-refractivity contribution in [2.45, 2.75) is 26.8 Å². The highest BCUT2D eigenvalue weighted by Crippen LogP contribution is 2.20. The van der Waals surface area contributed by atoms with Crippen LogP contribution in [0.4, 0.5) is 5.69 Å². The summed E-state index contributed by atoms with van der Waals surface area (Å²) in [4.78, 5) is 0. The lowest BCUT2D eigenvalue weighted by molar-refractivity contribution is 0.363. The molecule has 2 aromatic rings. The van der Waals surface area contributed by atoms with Gasteiger partial charge in [-0.3, -0.25) is 0 Å². The van der Waals surface area contributed by atoms with E-state index in [0.29, 0.717) is 11.7 Å². The number of rotatable bonds is 6. The Hall–Kier alpha value is -2.33. The predicted octanol–water partition coefficient (Wildman–Crippen LogP) is 4.92. The highest BCUT2D eigenvalue weighted by atomic mass is 32.1. The van der Waals surface area contributed by atoms with Crippen molar-refractivity contribution in [1.29, 1.82) is 0 Å². The molecule has 0 aliphatic rings. The van der Waals surface area contributed by atoms with Crippen LogP contribution in [-0.4, -0.2) is 11.7 Å². The fraction of sp³-hybridized carbons (Fsp3) is 0.250. The number of ether oxygens (including phenoxy) is 1. The van der Waals surface area contributed by atoms with E-state index in [2.05, 4.69) is 56.2 Å². The molecule has 2 N–H and O–H groups in total. The Labute approximate surface area is 149 Å². The Morgan fingerprint density at radius 3 is 2.75 bits per heavy atom. The van der Waals surface area contributed by atoms with Gasteiger partial charge in [0.05, 0.1) is 6.04 Å². The molecule has 0 spiro atoms. The minimum atomic E-state index is 0.130. The van der Waals surface area contributed by atoms with Gasteiger partial charge in [-0.25, -0.2) is 0 Å². The number of aryl methyl sites for hydroxylation is 2. The van der Waals surface area contributed by atoms with Gasteiger partial charge < -0.3 is 15.4 Å². The van der Waals surface area contributed by atoms with Crippen LogP contribution in [0.2, 0.25) is 0 Å². The molecule has 0 saturated heterocycles. The van der Waals surface area contributed by atoms with Gasteiger partial charge in [-0.2, -0.15) is 0 Å². The van der Waals surface area contributed by atoms with Crippen LogP contribution < -0.4 is 15.4 Å². The molecule has 0 amide bonds. The van der Waals surface area contributed by atoms with Crippen molar-refractivity contribution < 1.29 is 4.74 Å². The molecular weight excluding hydrogens is 316 g/mol. The number of hydrogen-bond donors (Lipinski definition) is 2. The van der Waals surface area contributed by atoms with Crippen LogP contribution >= 0.6 is 12.2 Å². The van der Waals surface area contributed by atoms with Gasteiger partial charge in [0, 0.05) is 11.8 Å². The molecule has 126 valence electrons. The summed E-state index contributed by atoms with van der Waals surface area (Å²) in [5.41, 5.74) is 4.66. The molecule has 2 rings (SSSR count). The second-order valence-electron chi connectivity index (χ2n) is 5.81. The lowest BCUT2D eigenvalue weighted by atomic mass is 10.0. The van der Waals surface area contributed by atoms with E-state index in [0.717, 1.165) is 11.4 Å². The average Bonchev–Trinajstić information content (AvgIpc) is 2.53. The number of nitrogens with one attached hydrogen (secondary N) is 2. The standard InChI is InChI=1S/C20H24N2OS/c1-5-11-23-18-8-6-7-17(13-18)22-20(24)21-16(4)19-10-9-14(2)12-15(19)3/h5-10,12-13,16H,1,11H2,2-4H3,(H2,21,22,24)/t16-/m1/s1. The summed E-state index contributed by atoms with van der Waals surface area (Å²) < 4.78 is 5.53. The van der Waals surface area contributed by atoms with Crippen molar-refractivity contribution >= 4 is 23.0 Å². The Kier molecular flexibility index (Phi) is 6.38. The van der Waals surface area contributed by atoms with E-state index < -0.39 is 0 Å². The molecule has 0 saturated carbocycles. The summed E-state index contributed by atoms with van der Waals surface area (Å²) in [7, 11) is 0. The molecule has 0 heterocycles. The summed E-state index contributed by atoms with van der Waals surface area (Å²) in [5, 5.41) is 7.12. The minimum Gasteiger partial charge on any atom is -0.489 e. The van der Waals surface area contributed by atoms with E-state index in [-0.39, 0.29) is 6.04 Å². The van der Waals surface area contributed by atoms with Gasteiger partial charge in [-0.1, -0.05) is 42.5 Å². The van der Waals surface area contributed by atoms with E-state index in [1.165, 1.54) is 16.7 Å². The second-order valence-corrected chi connectivity index (χ2v) is 6.22. The molecule has 4 heteroatoms. The second kappa shape index (κ2) is 8.50. The molecule has 24 heavy (non-hydrogen) atoms. The fourth-order valence-corrected chi connectivity index (χ4v) is 2.87. The normalized spacial score (nSPS) is 11.5. The first kappa shape index (κ1) is 18.0. The summed E-state index contributed by atoms with van der Waals surface area (Å²) >= 11 is 5.43. The maximum absolute atomic E-state index is 5.53. The topological polar surface area (TPSA) is 33.3 Å². The third-order valence-electron chi connectivity index (χ3n) is 3.70. The maximum Gasteiger partial charge on any atom is 0.171 e. The van der Waals surface area contributed by atoms with Crippen molar-refractivity contribution in [2.24, 2.45) is 0 Å². The summed E-state index contributed by atoms with van der Waals surface area (Å²) in [5.74, 6) is 0.783. The molecule has 0 aliphatic heterocycles. The Morgan fingerprint density at radius 1 is 1.25 bits per heavy atom. The van der Waals surface area contributed by atoms with Crippen LogP contribution in [0.15, 0.2) is 55.1 Å². The van der Waals surface area contributed by atoms with Crippen molar-refractivity contribution in [1.82, 2.24) is 5.32 Å². The SMILES string of the molecule is C=CCOc1cccc(NC(=S)N[C@H](C)c2ccc(C)cc2C)c1. The van der Waals surface area contributed by atoms with E-state index >= 15 is 0 Å². The predicted molar refractivity (Wildman–Crippen MR) is 106 cm³/mol. The van der Waals surface area contributed by atoms with Crippen LogP contribution in [0, 0.1) is 13.8 Å². The van der Waals surface area contributed by atoms with Crippen LogP contribution in [0.3, 0.4) is 0 Å².